The Kier molecular flexibility index (Phi) is 11.9. The summed E-state index contributed by atoms with van der Waals surface area (Å²) in [5.41, 5.74) is -1.24. The molecule has 0 aromatic carbocycles. The highest BCUT2D eigenvalue weighted by Crippen LogP contribution is 2.89. The summed E-state index contributed by atoms with van der Waals surface area (Å²) in [4.78, 5) is 0. The molecule has 19 heteroatoms. The van der Waals surface area contributed by atoms with Crippen molar-refractivity contribution in [2.75, 3.05) is 19.8 Å². The average Bonchev–Trinajstić information content (AvgIpc) is 3.81. The monoisotopic (exact) mass is 944 g/mol. The molecule has 19 nitrogen and oxygen atoms in total. The van der Waals surface area contributed by atoms with Gasteiger partial charge in [0.25, 0.3) is 0 Å². The fourth-order valence-corrected chi connectivity index (χ4v) is 16.9. The standard InChI is InChI=1S/C47H76O19/c1-19-27-21(65-47(58)36(19)66-42(4,5)40(47)57)14-44(7)25-9-8-24-41(2,3)26(10-11-45(24)18-46(25,45)13-12-43(27,44)6)62-38-34(28(51)20(50)17-59-38)64-39-35(32(55)30(53)23(16-49)61-39)63-37-33(56)31(54)29(52)22(15-48)60-37/h19-40,48-58H,8-18H2,1-7H3/t19?,20-,21+,22-,23-,24?,25?,26+,27?,28+,29-,30-,31+,32+,33-,34+,35-,36?,37+,38+,39+,40-,43-,44+,45-,46+,47+/m1/s1. The smallest absolute Gasteiger partial charge is 0.222 e. The van der Waals surface area contributed by atoms with Crippen molar-refractivity contribution >= 4 is 0 Å². The second-order valence-electron chi connectivity index (χ2n) is 23.9. The summed E-state index contributed by atoms with van der Waals surface area (Å²) >= 11 is 0. The molecule has 2 spiro atoms. The predicted molar refractivity (Wildman–Crippen MR) is 224 cm³/mol. The minimum atomic E-state index is -1.88. The van der Waals surface area contributed by atoms with Gasteiger partial charge in [0, 0.05) is 0 Å². The molecule has 378 valence electrons. The molecule has 5 saturated heterocycles. The summed E-state index contributed by atoms with van der Waals surface area (Å²) in [5.74, 6) is -0.893. The van der Waals surface area contributed by atoms with Crippen LogP contribution in [0.5, 0.6) is 0 Å². The lowest BCUT2D eigenvalue weighted by Crippen LogP contribution is -2.66. The van der Waals surface area contributed by atoms with Crippen LogP contribution in [0, 0.1) is 50.7 Å². The van der Waals surface area contributed by atoms with E-state index in [4.69, 9.17) is 37.9 Å². The maximum atomic E-state index is 11.9. The Hall–Kier alpha value is -0.760. The molecule has 5 aliphatic carbocycles. The summed E-state index contributed by atoms with van der Waals surface area (Å²) in [7, 11) is 0. The maximum absolute atomic E-state index is 11.9. The Labute approximate surface area is 385 Å². The Morgan fingerprint density at radius 1 is 0.606 bits per heavy atom. The highest BCUT2D eigenvalue weighted by Gasteiger charge is 2.84. The van der Waals surface area contributed by atoms with E-state index in [0.29, 0.717) is 12.3 Å². The van der Waals surface area contributed by atoms with E-state index in [1.165, 1.54) is 0 Å². The van der Waals surface area contributed by atoms with E-state index in [0.717, 1.165) is 44.9 Å². The van der Waals surface area contributed by atoms with E-state index in [-0.39, 0.29) is 63.6 Å². The molecule has 5 heterocycles. The van der Waals surface area contributed by atoms with E-state index in [9.17, 15) is 56.2 Å². The van der Waals surface area contributed by atoms with Crippen molar-refractivity contribution < 1.29 is 94.1 Å². The van der Waals surface area contributed by atoms with E-state index in [2.05, 4.69) is 34.6 Å². The van der Waals surface area contributed by atoms with Gasteiger partial charge in [-0.25, -0.2) is 0 Å². The third kappa shape index (κ3) is 6.56. The van der Waals surface area contributed by atoms with Crippen molar-refractivity contribution in [2.24, 2.45) is 50.7 Å². The van der Waals surface area contributed by atoms with Crippen LogP contribution >= 0.6 is 0 Å². The van der Waals surface area contributed by atoms with Gasteiger partial charge < -0.3 is 94.1 Å². The van der Waals surface area contributed by atoms with Gasteiger partial charge in [0.15, 0.2) is 18.9 Å². The van der Waals surface area contributed by atoms with Crippen LogP contribution in [0.4, 0.5) is 0 Å². The van der Waals surface area contributed by atoms with Gasteiger partial charge in [-0.05, 0) is 116 Å². The van der Waals surface area contributed by atoms with Crippen molar-refractivity contribution in [2.45, 2.75) is 222 Å². The van der Waals surface area contributed by atoms with Crippen LogP contribution in [0.2, 0.25) is 0 Å². The fraction of sp³-hybridized carbons (Fsp3) is 1.00. The molecule has 0 amide bonds. The third-order valence-electron chi connectivity index (χ3n) is 20.3. The van der Waals surface area contributed by atoms with Crippen LogP contribution in [0.15, 0.2) is 0 Å². The molecule has 5 saturated carbocycles. The molecular formula is C47H76O19. The van der Waals surface area contributed by atoms with E-state index in [1.807, 2.05) is 13.8 Å². The summed E-state index contributed by atoms with van der Waals surface area (Å²) in [5, 5.41) is 119. The first-order chi connectivity index (χ1) is 30.9. The first-order valence-electron chi connectivity index (χ1n) is 24.5. The zero-order chi connectivity index (χ0) is 47.6. The van der Waals surface area contributed by atoms with Crippen molar-refractivity contribution in [1.29, 1.82) is 0 Å². The number of hydrogen-bond donors (Lipinski definition) is 11. The molecule has 0 bridgehead atoms. The first kappa shape index (κ1) is 48.8. The first-order valence-corrected chi connectivity index (χ1v) is 24.5. The van der Waals surface area contributed by atoms with Gasteiger partial charge in [-0.2, -0.15) is 0 Å². The van der Waals surface area contributed by atoms with Crippen LogP contribution in [-0.2, 0) is 37.9 Å². The van der Waals surface area contributed by atoms with Crippen molar-refractivity contribution in [3.63, 3.8) is 0 Å². The highest BCUT2D eigenvalue weighted by atomic mass is 16.8. The van der Waals surface area contributed by atoms with Crippen molar-refractivity contribution in [3.05, 3.63) is 0 Å². The molecule has 27 atom stereocenters. The summed E-state index contributed by atoms with van der Waals surface area (Å²) in [6.07, 6.45) is -17.4. The van der Waals surface area contributed by atoms with Gasteiger partial charge in [0.1, 0.15) is 79.4 Å². The Bertz CT molecular complexity index is 1820. The van der Waals surface area contributed by atoms with Gasteiger partial charge in [-0.3, -0.25) is 0 Å². The zero-order valence-corrected chi connectivity index (χ0v) is 39.2. The summed E-state index contributed by atoms with van der Waals surface area (Å²) < 4.78 is 49.6. The lowest BCUT2D eigenvalue weighted by Gasteiger charge is -2.63. The van der Waals surface area contributed by atoms with Gasteiger partial charge in [0.05, 0.1) is 37.6 Å². The van der Waals surface area contributed by atoms with E-state index in [1.54, 1.807) is 0 Å². The SMILES string of the molecule is CC1C2OC(C)(C)[C@@H](O)[C@@]2(O)O[C@H]2C[C@@]3(C)C4CCC5C(C)(C)[C@@H](O[C@@H]6OC[C@@H](O)[C@H](O)[C@@H]6O[C@@H]6O[C@H](CO)[C@@H](O)[C@H](O)[C@H]6O[C@@H]6O[C@H](CO)[C@@H](O)[C@H](O)[C@H]6O)CC[C@@]56C[C@@]46CC[C@]3(C)C12. The second kappa shape index (κ2) is 16.1. The van der Waals surface area contributed by atoms with Crippen molar-refractivity contribution in [1.82, 2.24) is 0 Å². The quantitative estimate of drug-likeness (QED) is 0.127. The number of aliphatic hydroxyl groups is 11. The maximum Gasteiger partial charge on any atom is 0.222 e. The predicted octanol–water partition coefficient (Wildman–Crippen LogP) is -1.23. The number of ether oxygens (including phenoxy) is 8. The average molecular weight is 945 g/mol. The molecule has 5 aliphatic heterocycles. The molecule has 0 aromatic heterocycles. The molecular weight excluding hydrogens is 868 g/mol. The fourth-order valence-electron chi connectivity index (χ4n) is 16.9. The largest absolute Gasteiger partial charge is 0.394 e. The van der Waals surface area contributed by atoms with E-state index < -0.39 is 123 Å². The van der Waals surface area contributed by atoms with Crippen LogP contribution in [0.25, 0.3) is 0 Å². The van der Waals surface area contributed by atoms with E-state index >= 15 is 0 Å². The van der Waals surface area contributed by atoms with Crippen LogP contribution < -0.4 is 0 Å². The lowest BCUT2D eigenvalue weighted by atomic mass is 9.41. The normalized spacial score (nSPS) is 60.3. The van der Waals surface area contributed by atoms with Crippen LogP contribution in [0.1, 0.15) is 99.8 Å². The number of hydrogen-bond acceptors (Lipinski definition) is 19. The van der Waals surface area contributed by atoms with Crippen molar-refractivity contribution in [3.8, 4) is 0 Å². The minimum absolute atomic E-state index is 0.0187. The Morgan fingerprint density at radius 3 is 1.89 bits per heavy atom. The molecule has 10 fully saturated rings. The van der Waals surface area contributed by atoms with Crippen LogP contribution in [0.3, 0.4) is 0 Å². The summed E-state index contributed by atoms with van der Waals surface area (Å²) in [6.45, 7) is 13.4. The Balaban J connectivity index is 0.868. The second-order valence-corrected chi connectivity index (χ2v) is 23.9. The van der Waals surface area contributed by atoms with Gasteiger partial charge in [-0.1, -0.05) is 34.6 Å². The molecule has 0 aromatic rings. The molecule has 5 unspecified atom stereocenters. The number of rotatable bonds is 8. The number of fused-ring (bicyclic) bond motifs is 5. The Morgan fingerprint density at radius 2 is 1.21 bits per heavy atom. The third-order valence-corrected chi connectivity index (χ3v) is 20.3. The molecule has 66 heavy (non-hydrogen) atoms. The number of aliphatic hydroxyl groups excluding tert-OH is 10. The minimum Gasteiger partial charge on any atom is -0.394 e. The molecule has 11 N–H and O–H groups in total. The molecule has 10 aliphatic rings. The van der Waals surface area contributed by atoms with Gasteiger partial charge >= 0.3 is 0 Å². The van der Waals surface area contributed by atoms with Gasteiger partial charge in [-0.15, -0.1) is 0 Å². The molecule has 10 rings (SSSR count). The lowest BCUT2D eigenvalue weighted by molar-refractivity contribution is -0.392. The molecule has 0 radical (unpaired) electrons. The topological polar surface area (TPSA) is 296 Å². The zero-order valence-electron chi connectivity index (χ0n) is 39.2. The summed E-state index contributed by atoms with van der Waals surface area (Å²) in [6, 6.07) is 0. The highest BCUT2D eigenvalue weighted by molar-refractivity contribution is 5.32. The van der Waals surface area contributed by atoms with Gasteiger partial charge in [0.2, 0.25) is 5.79 Å². The van der Waals surface area contributed by atoms with Crippen LogP contribution in [-0.4, -0.2) is 198 Å².